The van der Waals surface area contributed by atoms with Crippen molar-refractivity contribution >= 4 is 39.0 Å². The molecule has 0 fully saturated rings. The van der Waals surface area contributed by atoms with Gasteiger partial charge in [-0.05, 0) is 42.3 Å². The van der Waals surface area contributed by atoms with Gasteiger partial charge < -0.3 is 5.32 Å². The van der Waals surface area contributed by atoms with Crippen LogP contribution in [0.2, 0.25) is 5.02 Å². The molecule has 0 unspecified atom stereocenters. The lowest BCUT2D eigenvalue weighted by Gasteiger charge is -2.09. The van der Waals surface area contributed by atoms with Gasteiger partial charge in [0.25, 0.3) is 5.91 Å². The van der Waals surface area contributed by atoms with Gasteiger partial charge in [0, 0.05) is 17.4 Å². The van der Waals surface area contributed by atoms with E-state index in [9.17, 15) is 17.6 Å². The minimum absolute atomic E-state index is 0.0304. The van der Waals surface area contributed by atoms with Crippen LogP contribution < -0.4 is 10.0 Å². The van der Waals surface area contributed by atoms with Crippen LogP contribution in [0.5, 0.6) is 0 Å². The van der Waals surface area contributed by atoms with Crippen molar-refractivity contribution in [2.75, 3.05) is 15.8 Å². The summed E-state index contributed by atoms with van der Waals surface area (Å²) in [6.45, 7) is 0. The number of aryl methyl sites for hydroxylation is 1. The number of anilines is 2. The van der Waals surface area contributed by atoms with Crippen molar-refractivity contribution in [2.24, 2.45) is 0 Å². The first-order valence-corrected chi connectivity index (χ1v) is 10.6. The molecule has 0 radical (unpaired) electrons. The molecule has 150 valence electrons. The van der Waals surface area contributed by atoms with Gasteiger partial charge in [0.15, 0.2) is 0 Å². The molecule has 2 aromatic carbocycles. The lowest BCUT2D eigenvalue weighted by Crippen LogP contribution is -2.19. The van der Waals surface area contributed by atoms with Crippen LogP contribution in [0.15, 0.2) is 66.9 Å². The number of nitrogens with one attached hydrogen (secondary N) is 2. The molecule has 3 rings (SSSR count). The van der Waals surface area contributed by atoms with E-state index in [-0.39, 0.29) is 22.2 Å². The van der Waals surface area contributed by atoms with Crippen LogP contribution in [-0.2, 0) is 16.4 Å². The van der Waals surface area contributed by atoms with Gasteiger partial charge in [-0.25, -0.2) is 17.8 Å². The van der Waals surface area contributed by atoms with Gasteiger partial charge in [0.2, 0.25) is 10.0 Å². The zero-order chi connectivity index (χ0) is 20.9. The van der Waals surface area contributed by atoms with Crippen molar-refractivity contribution in [3.05, 3.63) is 88.8 Å². The van der Waals surface area contributed by atoms with E-state index in [1.165, 1.54) is 30.5 Å². The Hall–Kier alpha value is -2.97. The number of amides is 1. The van der Waals surface area contributed by atoms with Crippen LogP contribution in [0.1, 0.15) is 15.9 Å². The van der Waals surface area contributed by atoms with Crippen molar-refractivity contribution in [3.8, 4) is 0 Å². The van der Waals surface area contributed by atoms with Gasteiger partial charge in [-0.3, -0.25) is 9.52 Å². The minimum atomic E-state index is -3.65. The fourth-order valence-electron chi connectivity index (χ4n) is 2.51. The molecule has 29 heavy (non-hydrogen) atoms. The molecule has 1 aromatic heterocycles. The van der Waals surface area contributed by atoms with Crippen LogP contribution in [-0.4, -0.2) is 25.1 Å². The summed E-state index contributed by atoms with van der Waals surface area (Å²) in [5.41, 5.74) is 1.39. The number of carbonyl (C=O) groups excluding carboxylic acids is 1. The zero-order valence-corrected chi connectivity index (χ0v) is 16.7. The molecule has 0 saturated heterocycles. The zero-order valence-electron chi connectivity index (χ0n) is 15.1. The third-order valence-electron chi connectivity index (χ3n) is 3.96. The maximum absolute atomic E-state index is 13.2. The topological polar surface area (TPSA) is 88.2 Å². The first-order valence-electron chi connectivity index (χ1n) is 8.59. The van der Waals surface area contributed by atoms with Crippen LogP contribution in [0.25, 0.3) is 0 Å². The number of aromatic nitrogens is 1. The quantitative estimate of drug-likeness (QED) is 0.586. The smallest absolute Gasteiger partial charge is 0.255 e. The highest BCUT2D eigenvalue weighted by molar-refractivity contribution is 7.92. The van der Waals surface area contributed by atoms with Gasteiger partial charge in [-0.2, -0.15) is 0 Å². The Bertz CT molecular complexity index is 1120. The number of pyridine rings is 1. The number of benzene rings is 2. The van der Waals surface area contributed by atoms with E-state index in [0.717, 1.165) is 11.6 Å². The number of rotatable bonds is 7. The van der Waals surface area contributed by atoms with E-state index in [1.54, 1.807) is 0 Å². The van der Waals surface area contributed by atoms with E-state index in [4.69, 9.17) is 11.6 Å². The first kappa shape index (κ1) is 20.8. The van der Waals surface area contributed by atoms with E-state index in [2.05, 4.69) is 15.0 Å². The number of sulfonamides is 1. The summed E-state index contributed by atoms with van der Waals surface area (Å²) in [6.07, 6.45) is 1.67. The number of halogens is 2. The largest absolute Gasteiger partial charge is 0.322 e. The average Bonchev–Trinajstić information content (AvgIpc) is 2.70. The fraction of sp³-hybridized carbons (Fsp3) is 0.100. The number of hydrogen-bond acceptors (Lipinski definition) is 4. The normalized spacial score (nSPS) is 11.1. The molecule has 0 aliphatic heterocycles. The fourth-order valence-corrected chi connectivity index (χ4v) is 3.73. The monoisotopic (exact) mass is 433 g/mol. The molecule has 0 aliphatic rings. The lowest BCUT2D eigenvalue weighted by atomic mass is 10.2. The molecular formula is C20H17ClFN3O3S. The second kappa shape index (κ2) is 9.02. The molecule has 0 bridgehead atoms. The standard InChI is InChI=1S/C20H17ClFN3O3S/c21-17-13-16(6-7-18(17)22)24-20(26)15-8-10-23-19(12-15)25-29(27,28)11-9-14-4-2-1-3-5-14/h1-8,10,12-13H,9,11H2,(H,23,25)(H,24,26). The van der Waals surface area contributed by atoms with E-state index >= 15 is 0 Å². The highest BCUT2D eigenvalue weighted by Crippen LogP contribution is 2.20. The molecule has 3 aromatic rings. The van der Waals surface area contributed by atoms with Gasteiger partial charge in [0.05, 0.1) is 10.8 Å². The average molecular weight is 434 g/mol. The van der Waals surface area contributed by atoms with Crippen LogP contribution in [0.4, 0.5) is 15.9 Å². The Morgan fingerprint density at radius 3 is 2.55 bits per heavy atom. The van der Waals surface area contributed by atoms with Gasteiger partial charge in [-0.1, -0.05) is 41.9 Å². The van der Waals surface area contributed by atoms with Crippen molar-refractivity contribution in [2.45, 2.75) is 6.42 Å². The summed E-state index contributed by atoms with van der Waals surface area (Å²) < 4.78 is 40.2. The van der Waals surface area contributed by atoms with E-state index in [0.29, 0.717) is 12.1 Å². The number of nitrogens with zero attached hydrogens (tertiary/aromatic N) is 1. The molecule has 0 aliphatic carbocycles. The summed E-state index contributed by atoms with van der Waals surface area (Å²) in [7, 11) is -3.65. The SMILES string of the molecule is O=C(Nc1ccc(F)c(Cl)c1)c1ccnc(NS(=O)(=O)CCc2ccccc2)c1. The first-order chi connectivity index (χ1) is 13.8. The summed E-state index contributed by atoms with van der Waals surface area (Å²) in [4.78, 5) is 16.3. The van der Waals surface area contributed by atoms with Crippen LogP contribution >= 0.6 is 11.6 Å². The maximum Gasteiger partial charge on any atom is 0.255 e. The van der Waals surface area contributed by atoms with Gasteiger partial charge >= 0.3 is 0 Å². The predicted octanol–water partition coefficient (Wildman–Crippen LogP) is 4.11. The second-order valence-corrected chi connectivity index (χ2v) is 8.42. The summed E-state index contributed by atoms with van der Waals surface area (Å²) in [5, 5.41) is 2.45. The Morgan fingerprint density at radius 1 is 1.07 bits per heavy atom. The third kappa shape index (κ3) is 6.00. The lowest BCUT2D eigenvalue weighted by molar-refractivity contribution is 0.102. The van der Waals surface area contributed by atoms with Crippen molar-refractivity contribution < 1.29 is 17.6 Å². The van der Waals surface area contributed by atoms with Crippen molar-refractivity contribution in [3.63, 3.8) is 0 Å². The molecule has 0 atom stereocenters. The Labute approximate surface area is 172 Å². The summed E-state index contributed by atoms with van der Waals surface area (Å²) in [5.74, 6) is -1.20. The number of carbonyl (C=O) groups is 1. The summed E-state index contributed by atoms with van der Waals surface area (Å²) in [6, 6.07) is 15.8. The molecule has 6 nitrogen and oxygen atoms in total. The van der Waals surface area contributed by atoms with Crippen LogP contribution in [0.3, 0.4) is 0 Å². The predicted molar refractivity (Wildman–Crippen MR) is 111 cm³/mol. The molecule has 1 amide bonds. The van der Waals surface area contributed by atoms with E-state index in [1.807, 2.05) is 30.3 Å². The Morgan fingerprint density at radius 2 is 1.83 bits per heavy atom. The molecule has 0 saturated carbocycles. The molecule has 9 heteroatoms. The van der Waals surface area contributed by atoms with Crippen LogP contribution in [0, 0.1) is 5.82 Å². The second-order valence-electron chi connectivity index (χ2n) is 6.17. The maximum atomic E-state index is 13.2. The highest BCUT2D eigenvalue weighted by Gasteiger charge is 2.14. The molecule has 1 heterocycles. The van der Waals surface area contributed by atoms with Gasteiger partial charge in [-0.15, -0.1) is 0 Å². The Balaban J connectivity index is 1.66. The molecule has 2 N–H and O–H groups in total. The minimum Gasteiger partial charge on any atom is -0.322 e. The molecular weight excluding hydrogens is 417 g/mol. The van der Waals surface area contributed by atoms with Crippen molar-refractivity contribution in [1.82, 2.24) is 4.98 Å². The van der Waals surface area contributed by atoms with Crippen molar-refractivity contribution in [1.29, 1.82) is 0 Å². The van der Waals surface area contributed by atoms with E-state index < -0.39 is 21.7 Å². The van der Waals surface area contributed by atoms with Gasteiger partial charge in [0.1, 0.15) is 11.6 Å². The summed E-state index contributed by atoms with van der Waals surface area (Å²) >= 11 is 5.70. The Kier molecular flexibility index (Phi) is 6.46. The molecule has 0 spiro atoms. The highest BCUT2D eigenvalue weighted by atomic mass is 35.5. The third-order valence-corrected chi connectivity index (χ3v) is 5.51. The number of hydrogen-bond donors (Lipinski definition) is 2.